The average Bonchev–Trinajstić information content (AvgIpc) is 3.84. The van der Waals surface area contributed by atoms with Crippen molar-refractivity contribution in [3.05, 3.63) is 141 Å². The van der Waals surface area contributed by atoms with E-state index in [0.29, 0.717) is 10.9 Å². The van der Waals surface area contributed by atoms with Crippen LogP contribution in [-0.4, -0.2) is 88.7 Å². The average molecular weight is 903 g/mol. The summed E-state index contributed by atoms with van der Waals surface area (Å²) in [5.74, 6) is -2.20. The van der Waals surface area contributed by atoms with Crippen molar-refractivity contribution in [2.45, 2.75) is 63.4 Å². The number of aromatic hydroxyl groups is 1. The van der Waals surface area contributed by atoms with Crippen molar-refractivity contribution in [3.8, 4) is 28.2 Å². The molecule has 5 heterocycles. The molecular weight excluding hydrogens is 863 g/mol. The molecule has 0 bridgehead atoms. The van der Waals surface area contributed by atoms with E-state index in [9.17, 15) is 58.3 Å². The number of phenolic OH excluding ortho intramolecular Hbond substituents is 1. The van der Waals surface area contributed by atoms with Crippen LogP contribution in [0, 0.1) is 13.8 Å². The molecule has 4 aromatic rings. The number of carboxylic acid groups (broad SMARTS) is 1. The number of ether oxygens (including phenoxy) is 2. The highest BCUT2D eigenvalue weighted by atomic mass is 31.2. The van der Waals surface area contributed by atoms with Crippen molar-refractivity contribution in [1.29, 1.82) is 0 Å². The molecule has 0 radical (unpaired) electrons. The molecule has 334 valence electrons. The van der Waals surface area contributed by atoms with Gasteiger partial charge >= 0.3 is 25.1 Å². The summed E-state index contributed by atoms with van der Waals surface area (Å²) >= 11 is 0. The van der Waals surface area contributed by atoms with Crippen molar-refractivity contribution in [3.63, 3.8) is 0 Å². The van der Waals surface area contributed by atoms with Gasteiger partial charge in [-0.2, -0.15) is 0 Å². The Morgan fingerprint density at radius 1 is 0.844 bits per heavy atom. The van der Waals surface area contributed by atoms with E-state index in [1.54, 1.807) is 0 Å². The van der Waals surface area contributed by atoms with Crippen LogP contribution in [0.5, 0.6) is 5.75 Å². The normalized spacial score (nSPS) is 21.9. The van der Waals surface area contributed by atoms with Crippen LogP contribution in [0.25, 0.3) is 33.4 Å². The molecule has 2 aromatic heterocycles. The van der Waals surface area contributed by atoms with Crippen LogP contribution < -0.4 is 38.3 Å². The number of aliphatic hydroxyl groups is 1. The predicted octanol–water partition coefficient (Wildman–Crippen LogP) is 1.43. The second kappa shape index (κ2) is 17.1. The minimum atomic E-state index is -4.82. The smallest absolute Gasteiger partial charge is 0.403 e. The van der Waals surface area contributed by atoms with Gasteiger partial charge in [0.05, 0.1) is 37.0 Å². The topological polar surface area (TPSA) is 324 Å². The lowest BCUT2D eigenvalue weighted by molar-refractivity contribution is -0.0304. The van der Waals surface area contributed by atoms with E-state index >= 15 is 0 Å². The van der Waals surface area contributed by atoms with Crippen LogP contribution in [0.1, 0.15) is 57.1 Å². The van der Waals surface area contributed by atoms with Crippen molar-refractivity contribution in [2.24, 2.45) is 0 Å². The largest absolute Gasteiger partial charge is 0.508 e. The third-order valence-corrected chi connectivity index (χ3v) is 12.2. The molecule has 8 N–H and O–H groups in total. The summed E-state index contributed by atoms with van der Waals surface area (Å²) in [6.45, 7) is 1.61. The van der Waals surface area contributed by atoms with Gasteiger partial charge in [-0.15, -0.1) is 0 Å². The fraction of sp³-hybridized carbons (Fsp3) is 0.293. The van der Waals surface area contributed by atoms with Gasteiger partial charge in [0.15, 0.2) is 5.43 Å². The zero-order valence-electron chi connectivity index (χ0n) is 33.7. The van der Waals surface area contributed by atoms with Gasteiger partial charge in [0.25, 0.3) is 17.0 Å². The van der Waals surface area contributed by atoms with Crippen LogP contribution in [0.15, 0.2) is 95.4 Å². The van der Waals surface area contributed by atoms with Gasteiger partial charge in [-0.25, -0.2) is 24.0 Å². The summed E-state index contributed by atoms with van der Waals surface area (Å²) < 4.78 is 39.0. The number of amides is 1. The molecule has 2 fully saturated rings. The second-order valence-electron chi connectivity index (χ2n) is 15.4. The number of aromatic amines is 2. The number of fused-ring (bicyclic) bond motifs is 2. The number of H-pyrrole nitrogens is 2. The maximum atomic E-state index is 14.2. The molecule has 23 heteroatoms. The highest BCUT2D eigenvalue weighted by Gasteiger charge is 2.43. The Morgan fingerprint density at radius 3 is 2.12 bits per heavy atom. The van der Waals surface area contributed by atoms with E-state index in [-0.39, 0.29) is 63.3 Å². The summed E-state index contributed by atoms with van der Waals surface area (Å²) in [6, 6.07) is 9.76. The number of hydrogen-bond donors (Lipinski definition) is 8. The quantitative estimate of drug-likeness (QED) is 0.0636. The number of rotatable bonds is 12. The molecule has 1 amide bonds. The fourth-order valence-corrected chi connectivity index (χ4v) is 9.03. The summed E-state index contributed by atoms with van der Waals surface area (Å²) in [4.78, 5) is 104. The number of aliphatic hydroxyl groups excluding tert-OH is 1. The maximum Gasteiger partial charge on any atom is 0.403 e. The number of carbonyl (C=O) groups excluding carboxylic acids is 1. The number of carboxylic acids is 1. The van der Waals surface area contributed by atoms with Crippen LogP contribution in [0.3, 0.4) is 0 Å². The Balaban J connectivity index is 1.08. The number of hydrogen-bond acceptors (Lipinski definition) is 14. The van der Waals surface area contributed by atoms with Crippen molar-refractivity contribution in [2.75, 3.05) is 13.2 Å². The Kier molecular flexibility index (Phi) is 11.7. The second-order valence-corrected chi connectivity index (χ2v) is 16.9. The van der Waals surface area contributed by atoms with Crippen molar-refractivity contribution < 1.29 is 52.8 Å². The molecule has 8 rings (SSSR count). The van der Waals surface area contributed by atoms with Crippen LogP contribution in [0.2, 0.25) is 0 Å². The first-order chi connectivity index (χ1) is 30.4. The number of nitrogens with zero attached hydrogens (tertiary/aromatic N) is 2. The lowest BCUT2D eigenvalue weighted by Crippen LogP contribution is -2.43. The Bertz CT molecular complexity index is 3170. The molecule has 64 heavy (non-hydrogen) atoms. The van der Waals surface area contributed by atoms with Gasteiger partial charge in [0, 0.05) is 70.6 Å². The first-order valence-corrected chi connectivity index (χ1v) is 21.2. The standard InChI is InChI=1S/C41H39N6O16P/c1-18-14-46(40(56)43-36(18)51)33-12-27(32(63-33)17-60-64(58,59)45-28-13-34(62-31(28)16-48)47-15-19(2)37(52)44-41(47)57)42-38(53)20-3-6-23(39(54)55)26(9-20)35-24-7-4-21(49)10-29(24)61-30-11-22(50)5-8-25(30)35/h3-11,14-15,27-28,31-34,48-49H,12-13,16-17H2,1-2H3,(H,42,53)(H,54,55)(H,43,51,56)(H,44,52,57)(H2,45,58,59)/t27-,28-,31-,32-,33-,34-/m1/s1. The minimum absolute atomic E-state index is 0.0538. The van der Waals surface area contributed by atoms with Gasteiger partial charge < -0.3 is 39.4 Å². The Labute approximate surface area is 358 Å². The molecule has 2 saturated heterocycles. The van der Waals surface area contributed by atoms with Gasteiger partial charge in [-0.1, -0.05) is 0 Å². The lowest BCUT2D eigenvalue weighted by Gasteiger charge is -2.24. The molecule has 1 aliphatic carbocycles. The molecular formula is C41H39N6O16P. The summed E-state index contributed by atoms with van der Waals surface area (Å²) in [7, 11) is -4.82. The molecule has 4 aliphatic rings. The third kappa shape index (κ3) is 8.62. The monoisotopic (exact) mass is 902 g/mol. The van der Waals surface area contributed by atoms with E-state index in [2.05, 4.69) is 20.4 Å². The number of nitrogens with one attached hydrogen (secondary N) is 4. The molecule has 22 nitrogen and oxygen atoms in total. The Hall–Kier alpha value is -6.78. The highest BCUT2D eigenvalue weighted by Crippen LogP contribution is 2.44. The van der Waals surface area contributed by atoms with Crippen LogP contribution in [0.4, 0.5) is 0 Å². The van der Waals surface area contributed by atoms with Gasteiger partial charge in [0.2, 0.25) is 0 Å². The first kappa shape index (κ1) is 43.9. The number of benzene rings is 3. The molecule has 0 saturated carbocycles. The minimum Gasteiger partial charge on any atom is -0.508 e. The van der Waals surface area contributed by atoms with Crippen molar-refractivity contribution >= 4 is 30.6 Å². The number of aromatic carboxylic acids is 1. The zero-order valence-corrected chi connectivity index (χ0v) is 34.6. The van der Waals surface area contributed by atoms with Gasteiger partial charge in [-0.3, -0.25) is 42.8 Å². The molecule has 3 aliphatic heterocycles. The van der Waals surface area contributed by atoms with Crippen LogP contribution in [-0.2, 0) is 18.6 Å². The van der Waals surface area contributed by atoms with Gasteiger partial charge in [-0.05, 0) is 61.9 Å². The summed E-state index contributed by atoms with van der Waals surface area (Å²) in [5, 5.41) is 36.1. The fourth-order valence-electron chi connectivity index (χ4n) is 7.92. The summed E-state index contributed by atoms with van der Waals surface area (Å²) in [6.07, 6.45) is -2.28. The zero-order chi connectivity index (χ0) is 45.8. The molecule has 7 atom stereocenters. The first-order valence-electron chi connectivity index (χ1n) is 19.6. The van der Waals surface area contributed by atoms with E-state index in [0.717, 1.165) is 9.13 Å². The number of phenols is 1. The van der Waals surface area contributed by atoms with E-state index in [4.69, 9.17) is 18.4 Å². The number of aryl methyl sites for hydroxylation is 2. The highest BCUT2D eigenvalue weighted by molar-refractivity contribution is 7.50. The molecule has 2 aromatic carbocycles. The Morgan fingerprint density at radius 2 is 1.48 bits per heavy atom. The lowest BCUT2D eigenvalue weighted by atomic mass is 9.89. The third-order valence-electron chi connectivity index (χ3n) is 11.1. The van der Waals surface area contributed by atoms with E-state index < -0.39 is 97.5 Å². The van der Waals surface area contributed by atoms with Crippen molar-refractivity contribution in [1.82, 2.24) is 29.5 Å². The molecule has 0 spiro atoms. The summed E-state index contributed by atoms with van der Waals surface area (Å²) in [5.41, 5.74) is -2.44. The SMILES string of the molecule is Cc1cn([C@H]2C[C@@H](NC(=O)c3ccc(C(=O)O)c(-c4c5ccc(=O)cc-5oc5cc(O)ccc45)c3)[C@@H](COP(=O)(O)N[C@@H]3C[C@H](n4cc(C)c(=O)[nH]c4=O)O[C@@H]3CO)O2)c(=O)[nH]c1=O. The molecule has 1 unspecified atom stereocenters. The number of carbonyl (C=O) groups is 2. The van der Waals surface area contributed by atoms with E-state index in [1.165, 1.54) is 80.8 Å². The van der Waals surface area contributed by atoms with Gasteiger partial charge in [0.1, 0.15) is 35.7 Å². The van der Waals surface area contributed by atoms with E-state index in [1.807, 2.05) is 0 Å². The predicted molar refractivity (Wildman–Crippen MR) is 223 cm³/mol. The van der Waals surface area contributed by atoms with Crippen LogP contribution >= 0.6 is 7.75 Å². The number of aromatic nitrogens is 4. The maximum absolute atomic E-state index is 14.2.